The van der Waals surface area contributed by atoms with Crippen molar-refractivity contribution < 1.29 is 24.5 Å². The number of carboxylic acids is 1. The molecule has 0 saturated carbocycles. The topological polar surface area (TPSA) is 87.1 Å². The average Bonchev–Trinajstić information content (AvgIpc) is 2.55. The number of hydrogen-bond acceptors (Lipinski definition) is 4. The Hall–Kier alpha value is -3.02. The maximum atomic E-state index is 12.6. The van der Waals surface area contributed by atoms with Crippen molar-refractivity contribution >= 4 is 12.1 Å². The second-order valence-corrected chi connectivity index (χ2v) is 7.00. The smallest absolute Gasteiger partial charge is 0.410 e. The Balaban J connectivity index is 2.19. The van der Waals surface area contributed by atoms with Crippen molar-refractivity contribution in [3.8, 4) is 5.75 Å². The fourth-order valence-corrected chi connectivity index (χ4v) is 2.31. The molecule has 2 N–H and O–H groups in total. The number of aromatic hydroxyl groups is 1. The van der Waals surface area contributed by atoms with Crippen LogP contribution in [0.5, 0.6) is 5.75 Å². The van der Waals surface area contributed by atoms with Crippen molar-refractivity contribution in [2.24, 2.45) is 0 Å². The van der Waals surface area contributed by atoms with Gasteiger partial charge in [0.25, 0.3) is 0 Å². The first-order valence-corrected chi connectivity index (χ1v) is 8.22. The van der Waals surface area contributed by atoms with Crippen molar-refractivity contribution in [2.45, 2.75) is 39.5 Å². The molecule has 138 valence electrons. The number of aromatic carboxylic acids is 1. The molecule has 2 aromatic carbocycles. The summed E-state index contributed by atoms with van der Waals surface area (Å²) in [5.74, 6) is -0.841. The van der Waals surface area contributed by atoms with Gasteiger partial charge in [-0.3, -0.25) is 4.90 Å². The van der Waals surface area contributed by atoms with E-state index in [4.69, 9.17) is 9.84 Å². The molecule has 0 radical (unpaired) electrons. The molecule has 0 aliphatic heterocycles. The Labute approximate surface area is 152 Å². The lowest BCUT2D eigenvalue weighted by Gasteiger charge is -2.27. The zero-order chi connectivity index (χ0) is 19.3. The number of hydrogen-bond donors (Lipinski definition) is 2. The molecule has 0 fully saturated rings. The number of carbonyl (C=O) groups is 2. The summed E-state index contributed by atoms with van der Waals surface area (Å²) in [6, 6.07) is 13.0. The van der Waals surface area contributed by atoms with E-state index in [1.54, 1.807) is 57.2 Å². The largest absolute Gasteiger partial charge is 0.508 e. The Morgan fingerprint density at radius 3 is 1.81 bits per heavy atom. The minimum Gasteiger partial charge on any atom is -0.508 e. The molecule has 0 aliphatic rings. The molecule has 6 nitrogen and oxygen atoms in total. The molecule has 0 aliphatic carbocycles. The third-order valence-corrected chi connectivity index (χ3v) is 3.54. The van der Waals surface area contributed by atoms with Gasteiger partial charge in [-0.2, -0.15) is 0 Å². The fraction of sp³-hybridized carbons (Fsp3) is 0.300. The van der Waals surface area contributed by atoms with Crippen LogP contribution < -0.4 is 0 Å². The highest BCUT2D eigenvalue weighted by Crippen LogP contribution is 2.18. The van der Waals surface area contributed by atoms with E-state index in [-0.39, 0.29) is 17.9 Å². The van der Waals surface area contributed by atoms with Gasteiger partial charge in [0.05, 0.1) is 5.56 Å². The normalized spacial score (nSPS) is 11.0. The number of phenolic OH excluding ortho intramolecular Hbond substituents is 1. The zero-order valence-electron chi connectivity index (χ0n) is 15.1. The molecular weight excluding hydrogens is 334 g/mol. The highest BCUT2D eigenvalue weighted by atomic mass is 16.6. The molecule has 6 heteroatoms. The van der Waals surface area contributed by atoms with Gasteiger partial charge >= 0.3 is 12.1 Å². The van der Waals surface area contributed by atoms with Crippen LogP contribution in [0.4, 0.5) is 4.79 Å². The highest BCUT2D eigenvalue weighted by Gasteiger charge is 2.22. The van der Waals surface area contributed by atoms with E-state index in [0.717, 1.165) is 11.1 Å². The Kier molecular flexibility index (Phi) is 5.87. The summed E-state index contributed by atoms with van der Waals surface area (Å²) < 4.78 is 5.47. The highest BCUT2D eigenvalue weighted by molar-refractivity contribution is 5.87. The summed E-state index contributed by atoms with van der Waals surface area (Å²) in [5, 5.41) is 18.4. The first-order valence-electron chi connectivity index (χ1n) is 8.22. The lowest BCUT2D eigenvalue weighted by atomic mass is 10.1. The second-order valence-electron chi connectivity index (χ2n) is 7.00. The van der Waals surface area contributed by atoms with Gasteiger partial charge in [0.1, 0.15) is 11.4 Å². The van der Waals surface area contributed by atoms with Gasteiger partial charge in [-0.05, 0) is 56.2 Å². The molecule has 0 spiro atoms. The third-order valence-electron chi connectivity index (χ3n) is 3.54. The van der Waals surface area contributed by atoms with E-state index in [1.165, 1.54) is 17.0 Å². The quantitative estimate of drug-likeness (QED) is 0.844. The summed E-state index contributed by atoms with van der Waals surface area (Å²) in [6.45, 7) is 5.97. The SMILES string of the molecule is CC(C)(C)OC(=O)N(Cc1ccc(O)cc1)Cc1ccc(C(=O)O)cc1. The van der Waals surface area contributed by atoms with Crippen LogP contribution in [-0.4, -0.2) is 32.8 Å². The fourth-order valence-electron chi connectivity index (χ4n) is 2.31. The third kappa shape index (κ3) is 5.81. The molecule has 2 aromatic rings. The van der Waals surface area contributed by atoms with Crippen LogP contribution in [-0.2, 0) is 17.8 Å². The number of rotatable bonds is 5. The van der Waals surface area contributed by atoms with Gasteiger partial charge in [-0.1, -0.05) is 24.3 Å². The second kappa shape index (κ2) is 7.91. The van der Waals surface area contributed by atoms with E-state index in [2.05, 4.69) is 0 Å². The van der Waals surface area contributed by atoms with Crippen LogP contribution in [0.15, 0.2) is 48.5 Å². The van der Waals surface area contributed by atoms with E-state index >= 15 is 0 Å². The first-order chi connectivity index (χ1) is 12.1. The van der Waals surface area contributed by atoms with E-state index in [1.807, 2.05) is 0 Å². The summed E-state index contributed by atoms with van der Waals surface area (Å²) in [5.41, 5.74) is 1.20. The number of carbonyl (C=O) groups excluding carboxylic acids is 1. The number of benzene rings is 2. The number of nitrogens with zero attached hydrogens (tertiary/aromatic N) is 1. The molecule has 1 amide bonds. The van der Waals surface area contributed by atoms with E-state index in [0.29, 0.717) is 6.54 Å². The van der Waals surface area contributed by atoms with Gasteiger partial charge in [0.15, 0.2) is 0 Å². The van der Waals surface area contributed by atoms with Gasteiger partial charge in [0, 0.05) is 13.1 Å². The van der Waals surface area contributed by atoms with E-state index in [9.17, 15) is 14.7 Å². The van der Waals surface area contributed by atoms with Crippen LogP contribution in [0.3, 0.4) is 0 Å². The standard InChI is InChI=1S/C20H23NO5/c1-20(2,3)26-19(25)21(13-15-6-10-17(22)11-7-15)12-14-4-8-16(9-5-14)18(23)24/h4-11,22H,12-13H2,1-3H3,(H,23,24). The van der Waals surface area contributed by atoms with Gasteiger partial charge in [-0.15, -0.1) is 0 Å². The van der Waals surface area contributed by atoms with Crippen molar-refractivity contribution in [2.75, 3.05) is 0 Å². The molecule has 0 aromatic heterocycles. The lowest BCUT2D eigenvalue weighted by molar-refractivity contribution is 0.0216. The van der Waals surface area contributed by atoms with Crippen LogP contribution >= 0.6 is 0 Å². The summed E-state index contributed by atoms with van der Waals surface area (Å²) in [7, 11) is 0. The van der Waals surface area contributed by atoms with Crippen molar-refractivity contribution in [3.63, 3.8) is 0 Å². The van der Waals surface area contributed by atoms with Gasteiger partial charge in [0.2, 0.25) is 0 Å². The van der Waals surface area contributed by atoms with E-state index < -0.39 is 17.7 Å². The molecule has 2 rings (SSSR count). The van der Waals surface area contributed by atoms with Gasteiger partial charge in [-0.25, -0.2) is 9.59 Å². The summed E-state index contributed by atoms with van der Waals surface area (Å²) in [6.07, 6.45) is -0.465. The van der Waals surface area contributed by atoms with Crippen LogP contribution in [0.1, 0.15) is 42.3 Å². The zero-order valence-corrected chi connectivity index (χ0v) is 15.1. The Bertz CT molecular complexity index is 760. The molecular formula is C20H23NO5. The molecule has 0 unspecified atom stereocenters. The minimum atomic E-state index is -0.996. The summed E-state index contributed by atoms with van der Waals surface area (Å²) in [4.78, 5) is 25.1. The Morgan fingerprint density at radius 1 is 0.923 bits per heavy atom. The molecule has 0 heterocycles. The predicted molar refractivity (Wildman–Crippen MR) is 97.0 cm³/mol. The van der Waals surface area contributed by atoms with Crippen molar-refractivity contribution in [1.82, 2.24) is 4.90 Å². The monoisotopic (exact) mass is 357 g/mol. The Morgan fingerprint density at radius 2 is 1.38 bits per heavy atom. The number of ether oxygens (including phenoxy) is 1. The first kappa shape index (κ1) is 19.3. The average molecular weight is 357 g/mol. The van der Waals surface area contributed by atoms with Crippen LogP contribution in [0, 0.1) is 0 Å². The molecule has 26 heavy (non-hydrogen) atoms. The minimum absolute atomic E-state index is 0.154. The predicted octanol–water partition coefficient (Wildman–Crippen LogP) is 4.03. The van der Waals surface area contributed by atoms with Gasteiger partial charge < -0.3 is 14.9 Å². The van der Waals surface area contributed by atoms with Crippen molar-refractivity contribution in [3.05, 3.63) is 65.2 Å². The lowest BCUT2D eigenvalue weighted by Crippen LogP contribution is -2.36. The maximum Gasteiger partial charge on any atom is 0.410 e. The van der Waals surface area contributed by atoms with Crippen LogP contribution in [0.2, 0.25) is 0 Å². The number of phenols is 1. The maximum absolute atomic E-state index is 12.6. The van der Waals surface area contributed by atoms with Crippen molar-refractivity contribution in [1.29, 1.82) is 0 Å². The molecule has 0 bridgehead atoms. The van der Waals surface area contributed by atoms with Crippen LogP contribution in [0.25, 0.3) is 0 Å². The summed E-state index contributed by atoms with van der Waals surface area (Å²) >= 11 is 0. The molecule has 0 atom stereocenters. The number of amides is 1. The number of carboxylic acid groups (broad SMARTS) is 1. The molecule has 0 saturated heterocycles.